The molecule has 0 unspecified atom stereocenters. The molecule has 0 aromatic heterocycles. The normalized spacial score (nSPS) is 15.8. The standard InChI is InChI=1S/C27H25NO3/c1-27(2,3)22-16-14-21(15-17-22)23(20-12-8-5-9-13-20)24-25(29)28(26(30)31-24)18-19-10-6-4-7-11-19/h4-17H,18H2,1-3H3/b24-23+. The van der Waals surface area contributed by atoms with E-state index < -0.39 is 12.0 Å². The third kappa shape index (κ3) is 4.29. The van der Waals surface area contributed by atoms with E-state index in [0.29, 0.717) is 5.57 Å². The summed E-state index contributed by atoms with van der Waals surface area (Å²) >= 11 is 0. The zero-order chi connectivity index (χ0) is 22.0. The van der Waals surface area contributed by atoms with Crippen LogP contribution in [0.4, 0.5) is 4.79 Å². The van der Waals surface area contributed by atoms with E-state index in [9.17, 15) is 9.59 Å². The van der Waals surface area contributed by atoms with E-state index in [1.54, 1.807) is 0 Å². The SMILES string of the molecule is CC(C)(C)c1ccc(/C(=C2/OC(=O)N(Cc3ccccc3)C2=O)c2ccccc2)cc1. The average molecular weight is 412 g/mol. The lowest BCUT2D eigenvalue weighted by atomic mass is 9.85. The van der Waals surface area contributed by atoms with Crippen LogP contribution in [0.25, 0.3) is 5.57 Å². The van der Waals surface area contributed by atoms with Crippen molar-refractivity contribution in [3.05, 3.63) is 113 Å². The molecule has 0 aliphatic carbocycles. The Bertz CT molecular complexity index is 1120. The second-order valence-electron chi connectivity index (χ2n) is 8.64. The molecule has 3 aromatic carbocycles. The monoisotopic (exact) mass is 411 g/mol. The van der Waals surface area contributed by atoms with Crippen molar-refractivity contribution in [2.75, 3.05) is 0 Å². The number of carbonyl (C=O) groups excluding carboxylic acids is 2. The van der Waals surface area contributed by atoms with Gasteiger partial charge in [0.25, 0.3) is 5.91 Å². The lowest BCUT2D eigenvalue weighted by Crippen LogP contribution is -2.28. The van der Waals surface area contributed by atoms with E-state index >= 15 is 0 Å². The maximum absolute atomic E-state index is 13.3. The van der Waals surface area contributed by atoms with Crippen molar-refractivity contribution in [1.29, 1.82) is 0 Å². The fourth-order valence-electron chi connectivity index (χ4n) is 3.62. The van der Waals surface area contributed by atoms with Crippen LogP contribution in [0.5, 0.6) is 0 Å². The zero-order valence-corrected chi connectivity index (χ0v) is 18.0. The van der Waals surface area contributed by atoms with E-state index in [-0.39, 0.29) is 17.7 Å². The minimum Gasteiger partial charge on any atom is -0.403 e. The molecule has 1 saturated heterocycles. The maximum Gasteiger partial charge on any atom is 0.422 e. The smallest absolute Gasteiger partial charge is 0.403 e. The van der Waals surface area contributed by atoms with Gasteiger partial charge in [0.1, 0.15) is 0 Å². The van der Waals surface area contributed by atoms with Crippen LogP contribution in [-0.2, 0) is 21.5 Å². The highest BCUT2D eigenvalue weighted by molar-refractivity contribution is 6.13. The largest absolute Gasteiger partial charge is 0.422 e. The van der Waals surface area contributed by atoms with Gasteiger partial charge < -0.3 is 4.74 Å². The highest BCUT2D eigenvalue weighted by Crippen LogP contribution is 2.34. The molecule has 0 bridgehead atoms. The van der Waals surface area contributed by atoms with Crippen molar-refractivity contribution in [2.45, 2.75) is 32.7 Å². The lowest BCUT2D eigenvalue weighted by molar-refractivity contribution is -0.123. The van der Waals surface area contributed by atoms with Crippen LogP contribution in [0.15, 0.2) is 90.7 Å². The van der Waals surface area contributed by atoms with Gasteiger partial charge in [0.05, 0.1) is 6.54 Å². The minimum atomic E-state index is -0.649. The van der Waals surface area contributed by atoms with Crippen LogP contribution < -0.4 is 0 Å². The number of amides is 2. The number of nitrogens with zero attached hydrogens (tertiary/aromatic N) is 1. The van der Waals surface area contributed by atoms with Crippen molar-refractivity contribution < 1.29 is 14.3 Å². The summed E-state index contributed by atoms with van der Waals surface area (Å²) in [4.78, 5) is 27.0. The molecule has 4 rings (SSSR count). The van der Waals surface area contributed by atoms with Gasteiger partial charge in [0.2, 0.25) is 5.76 Å². The number of rotatable bonds is 4. The van der Waals surface area contributed by atoms with E-state index in [2.05, 4.69) is 32.9 Å². The summed E-state index contributed by atoms with van der Waals surface area (Å²) < 4.78 is 5.54. The van der Waals surface area contributed by atoms with Gasteiger partial charge in [-0.25, -0.2) is 9.69 Å². The fourth-order valence-corrected chi connectivity index (χ4v) is 3.62. The average Bonchev–Trinajstić information content (AvgIpc) is 3.03. The molecular formula is C27H25NO3. The van der Waals surface area contributed by atoms with Gasteiger partial charge in [-0.05, 0) is 27.7 Å². The number of ether oxygens (including phenoxy) is 1. The second-order valence-corrected chi connectivity index (χ2v) is 8.64. The van der Waals surface area contributed by atoms with Gasteiger partial charge in [-0.1, -0.05) is 106 Å². The summed E-state index contributed by atoms with van der Waals surface area (Å²) in [6.45, 7) is 6.64. The first-order valence-corrected chi connectivity index (χ1v) is 10.3. The number of benzene rings is 3. The van der Waals surface area contributed by atoms with Crippen molar-refractivity contribution in [2.24, 2.45) is 0 Å². The summed E-state index contributed by atoms with van der Waals surface area (Å²) in [6, 6.07) is 27.1. The summed E-state index contributed by atoms with van der Waals surface area (Å²) in [7, 11) is 0. The first kappa shape index (κ1) is 20.6. The number of hydrogen-bond donors (Lipinski definition) is 0. The first-order chi connectivity index (χ1) is 14.8. The Hall–Kier alpha value is -3.66. The molecule has 4 heteroatoms. The quantitative estimate of drug-likeness (QED) is 0.501. The van der Waals surface area contributed by atoms with Crippen LogP contribution in [-0.4, -0.2) is 16.9 Å². The van der Waals surface area contributed by atoms with Gasteiger partial charge in [-0.15, -0.1) is 0 Å². The fraction of sp³-hybridized carbons (Fsp3) is 0.185. The highest BCUT2D eigenvalue weighted by atomic mass is 16.6. The number of cyclic esters (lactones) is 1. The molecule has 4 nitrogen and oxygen atoms in total. The molecule has 3 aromatic rings. The molecule has 0 radical (unpaired) electrons. The Labute approximate surface area is 182 Å². The molecule has 1 aliphatic rings. The molecule has 2 amide bonds. The second kappa shape index (κ2) is 8.23. The number of imide groups is 1. The van der Waals surface area contributed by atoms with E-state index in [1.165, 1.54) is 5.56 Å². The maximum atomic E-state index is 13.3. The van der Waals surface area contributed by atoms with Gasteiger partial charge >= 0.3 is 6.09 Å². The predicted molar refractivity (Wildman–Crippen MR) is 121 cm³/mol. The number of hydrogen-bond acceptors (Lipinski definition) is 3. The summed E-state index contributed by atoms with van der Waals surface area (Å²) in [5.41, 5.74) is 4.34. The van der Waals surface area contributed by atoms with Gasteiger partial charge in [0, 0.05) is 5.57 Å². The first-order valence-electron chi connectivity index (χ1n) is 10.3. The molecule has 1 fully saturated rings. The summed E-state index contributed by atoms with van der Waals surface area (Å²) in [5, 5.41) is 0. The van der Waals surface area contributed by atoms with E-state index in [0.717, 1.165) is 21.6 Å². The molecule has 0 saturated carbocycles. The Kier molecular flexibility index (Phi) is 5.47. The van der Waals surface area contributed by atoms with Crippen LogP contribution in [0.3, 0.4) is 0 Å². The van der Waals surface area contributed by atoms with Crippen LogP contribution in [0.1, 0.15) is 43.0 Å². The molecule has 1 heterocycles. The van der Waals surface area contributed by atoms with E-state index in [1.807, 2.05) is 72.8 Å². The van der Waals surface area contributed by atoms with E-state index in [4.69, 9.17) is 4.74 Å². The minimum absolute atomic E-state index is 0.0146. The summed E-state index contributed by atoms with van der Waals surface area (Å²) in [6.07, 6.45) is -0.649. The predicted octanol–water partition coefficient (Wildman–Crippen LogP) is 5.92. The van der Waals surface area contributed by atoms with Crippen LogP contribution in [0, 0.1) is 0 Å². The Morgan fingerprint density at radius 1 is 0.774 bits per heavy atom. The Morgan fingerprint density at radius 3 is 1.90 bits per heavy atom. The van der Waals surface area contributed by atoms with Crippen molar-refractivity contribution in [1.82, 2.24) is 4.90 Å². The van der Waals surface area contributed by atoms with Crippen LogP contribution >= 0.6 is 0 Å². The molecular weight excluding hydrogens is 386 g/mol. The third-order valence-electron chi connectivity index (χ3n) is 5.36. The van der Waals surface area contributed by atoms with Gasteiger partial charge in [0.15, 0.2) is 0 Å². The van der Waals surface area contributed by atoms with Crippen molar-refractivity contribution >= 4 is 17.6 Å². The molecule has 31 heavy (non-hydrogen) atoms. The molecule has 1 aliphatic heterocycles. The van der Waals surface area contributed by atoms with Gasteiger partial charge in [-0.3, -0.25) is 4.79 Å². The lowest BCUT2D eigenvalue weighted by Gasteiger charge is -2.19. The van der Waals surface area contributed by atoms with Crippen molar-refractivity contribution in [3.8, 4) is 0 Å². The molecule has 156 valence electrons. The van der Waals surface area contributed by atoms with Crippen molar-refractivity contribution in [3.63, 3.8) is 0 Å². The highest BCUT2D eigenvalue weighted by Gasteiger charge is 2.39. The zero-order valence-electron chi connectivity index (χ0n) is 18.0. The molecule has 0 atom stereocenters. The summed E-state index contributed by atoms with van der Waals surface area (Å²) in [5.74, 6) is -0.358. The Morgan fingerprint density at radius 2 is 1.32 bits per heavy atom. The third-order valence-corrected chi connectivity index (χ3v) is 5.36. The Balaban J connectivity index is 1.78. The number of carbonyl (C=O) groups is 2. The topological polar surface area (TPSA) is 46.6 Å². The van der Waals surface area contributed by atoms with Crippen LogP contribution in [0.2, 0.25) is 0 Å². The molecule has 0 N–H and O–H groups in total. The van der Waals surface area contributed by atoms with Gasteiger partial charge in [-0.2, -0.15) is 0 Å². The molecule has 0 spiro atoms.